The molecule has 0 unspecified atom stereocenters. The molecule has 0 spiro atoms. The van der Waals surface area contributed by atoms with E-state index in [1.54, 1.807) is 14.2 Å². The summed E-state index contributed by atoms with van der Waals surface area (Å²) in [4.78, 5) is 0. The quantitative estimate of drug-likeness (QED) is 0.826. The molecule has 1 aromatic carbocycles. The molecular formula is C14H23NO2. The topological polar surface area (TPSA) is 44.5 Å². The van der Waals surface area contributed by atoms with E-state index in [1.807, 2.05) is 0 Å². The summed E-state index contributed by atoms with van der Waals surface area (Å²) in [6.45, 7) is 4.90. The Kier molecular flexibility index (Phi) is 5.29. The fourth-order valence-electron chi connectivity index (χ4n) is 2.33. The molecule has 0 bridgehead atoms. The van der Waals surface area contributed by atoms with Gasteiger partial charge in [0.25, 0.3) is 0 Å². The predicted molar refractivity (Wildman–Crippen MR) is 71.1 cm³/mol. The van der Waals surface area contributed by atoms with Crippen LogP contribution in [0.5, 0.6) is 11.5 Å². The lowest BCUT2D eigenvalue weighted by molar-refractivity contribution is 0.390. The molecule has 1 rings (SSSR count). The van der Waals surface area contributed by atoms with E-state index < -0.39 is 0 Å². The van der Waals surface area contributed by atoms with E-state index >= 15 is 0 Å². The van der Waals surface area contributed by atoms with Crippen LogP contribution in [0.4, 0.5) is 0 Å². The second-order valence-electron chi connectivity index (χ2n) is 3.97. The third-order valence-corrected chi connectivity index (χ3v) is 3.08. The van der Waals surface area contributed by atoms with E-state index in [-0.39, 0.29) is 0 Å². The first-order valence-electron chi connectivity index (χ1n) is 6.19. The largest absolute Gasteiger partial charge is 0.496 e. The molecule has 1 aromatic rings. The Balaban J connectivity index is 3.42. The van der Waals surface area contributed by atoms with Crippen molar-refractivity contribution in [1.82, 2.24) is 0 Å². The van der Waals surface area contributed by atoms with Gasteiger partial charge in [0.15, 0.2) is 0 Å². The van der Waals surface area contributed by atoms with E-state index in [1.165, 1.54) is 11.1 Å². The van der Waals surface area contributed by atoms with Crippen LogP contribution >= 0.6 is 0 Å². The van der Waals surface area contributed by atoms with Gasteiger partial charge in [0.05, 0.1) is 14.2 Å². The summed E-state index contributed by atoms with van der Waals surface area (Å²) in [7, 11) is 3.44. The maximum atomic E-state index is 5.64. The van der Waals surface area contributed by atoms with Gasteiger partial charge in [-0.3, -0.25) is 0 Å². The SMILES string of the molecule is CCc1c(OC)cc(CCN)c(OC)c1CC. The first-order valence-corrected chi connectivity index (χ1v) is 6.19. The van der Waals surface area contributed by atoms with Crippen LogP contribution in [0.2, 0.25) is 0 Å². The molecule has 0 fully saturated rings. The van der Waals surface area contributed by atoms with Crippen molar-refractivity contribution in [2.24, 2.45) is 5.73 Å². The molecule has 0 amide bonds. The van der Waals surface area contributed by atoms with Crippen LogP contribution in [-0.2, 0) is 19.3 Å². The molecule has 0 aromatic heterocycles. The zero-order chi connectivity index (χ0) is 12.8. The third kappa shape index (κ3) is 2.72. The highest BCUT2D eigenvalue weighted by molar-refractivity contribution is 5.54. The van der Waals surface area contributed by atoms with Gasteiger partial charge in [0.1, 0.15) is 11.5 Å². The minimum Gasteiger partial charge on any atom is -0.496 e. The number of nitrogens with two attached hydrogens (primary N) is 1. The highest BCUT2D eigenvalue weighted by Gasteiger charge is 2.16. The van der Waals surface area contributed by atoms with Crippen molar-refractivity contribution in [3.63, 3.8) is 0 Å². The smallest absolute Gasteiger partial charge is 0.125 e. The average Bonchev–Trinajstić information content (AvgIpc) is 2.37. The summed E-state index contributed by atoms with van der Waals surface area (Å²) < 4.78 is 11.0. The number of hydrogen-bond donors (Lipinski definition) is 1. The average molecular weight is 237 g/mol. The van der Waals surface area contributed by atoms with Gasteiger partial charge in [-0.2, -0.15) is 0 Å². The predicted octanol–water partition coefficient (Wildman–Crippen LogP) is 2.33. The monoisotopic (exact) mass is 237 g/mol. The molecule has 0 radical (unpaired) electrons. The van der Waals surface area contributed by atoms with Crippen LogP contribution in [0.15, 0.2) is 6.07 Å². The minimum atomic E-state index is 0.619. The number of hydrogen-bond acceptors (Lipinski definition) is 3. The number of benzene rings is 1. The Morgan fingerprint density at radius 2 is 1.71 bits per heavy atom. The Labute approximate surface area is 104 Å². The standard InChI is InChI=1S/C14H23NO2/c1-5-11-12(6-2)14(17-4)10(7-8-15)9-13(11)16-3/h9H,5-8,15H2,1-4H3. The van der Waals surface area contributed by atoms with Crippen LogP contribution in [0, 0.1) is 0 Å². The highest BCUT2D eigenvalue weighted by Crippen LogP contribution is 2.35. The van der Waals surface area contributed by atoms with Gasteiger partial charge in [-0.25, -0.2) is 0 Å². The molecular weight excluding hydrogens is 214 g/mol. The maximum absolute atomic E-state index is 5.64. The highest BCUT2D eigenvalue weighted by atomic mass is 16.5. The molecule has 3 nitrogen and oxygen atoms in total. The molecule has 96 valence electrons. The summed E-state index contributed by atoms with van der Waals surface area (Å²) in [5.41, 5.74) is 9.27. The second kappa shape index (κ2) is 6.50. The summed E-state index contributed by atoms with van der Waals surface area (Å²) >= 11 is 0. The lowest BCUT2D eigenvalue weighted by Crippen LogP contribution is -2.08. The van der Waals surface area contributed by atoms with Gasteiger partial charge in [0.2, 0.25) is 0 Å². The van der Waals surface area contributed by atoms with Crippen LogP contribution < -0.4 is 15.2 Å². The second-order valence-corrected chi connectivity index (χ2v) is 3.97. The Morgan fingerprint density at radius 3 is 2.12 bits per heavy atom. The zero-order valence-electron chi connectivity index (χ0n) is 11.3. The molecule has 3 heteroatoms. The van der Waals surface area contributed by atoms with Gasteiger partial charge in [-0.05, 0) is 37.4 Å². The molecule has 0 aliphatic carbocycles. The fraction of sp³-hybridized carbons (Fsp3) is 0.571. The van der Waals surface area contributed by atoms with Crippen LogP contribution in [0.1, 0.15) is 30.5 Å². The molecule has 0 aliphatic rings. The molecule has 0 saturated heterocycles. The van der Waals surface area contributed by atoms with Gasteiger partial charge in [-0.15, -0.1) is 0 Å². The Morgan fingerprint density at radius 1 is 1.06 bits per heavy atom. The first-order chi connectivity index (χ1) is 8.23. The summed E-state index contributed by atoms with van der Waals surface area (Å²) in [5, 5.41) is 0. The fourth-order valence-corrected chi connectivity index (χ4v) is 2.33. The Hall–Kier alpha value is -1.22. The lowest BCUT2D eigenvalue weighted by atomic mass is 9.95. The summed E-state index contributed by atoms with van der Waals surface area (Å²) in [6.07, 6.45) is 2.71. The van der Waals surface area contributed by atoms with Crippen molar-refractivity contribution in [1.29, 1.82) is 0 Å². The molecule has 2 N–H and O–H groups in total. The van der Waals surface area contributed by atoms with Crippen molar-refractivity contribution < 1.29 is 9.47 Å². The Bertz CT molecular complexity index is 375. The lowest BCUT2D eigenvalue weighted by Gasteiger charge is -2.19. The van der Waals surface area contributed by atoms with E-state index in [0.717, 1.165) is 36.3 Å². The third-order valence-electron chi connectivity index (χ3n) is 3.08. The number of ether oxygens (including phenoxy) is 2. The molecule has 0 aliphatic heterocycles. The maximum Gasteiger partial charge on any atom is 0.125 e. The molecule has 0 saturated carbocycles. The molecule has 0 atom stereocenters. The van der Waals surface area contributed by atoms with E-state index in [4.69, 9.17) is 15.2 Å². The van der Waals surface area contributed by atoms with Gasteiger partial charge in [0, 0.05) is 11.1 Å². The van der Waals surface area contributed by atoms with Crippen molar-refractivity contribution in [2.45, 2.75) is 33.1 Å². The van der Waals surface area contributed by atoms with E-state index in [0.29, 0.717) is 6.54 Å². The summed E-state index contributed by atoms with van der Waals surface area (Å²) in [5.74, 6) is 1.93. The van der Waals surface area contributed by atoms with E-state index in [9.17, 15) is 0 Å². The summed E-state index contributed by atoms with van der Waals surface area (Å²) in [6, 6.07) is 2.06. The normalized spacial score (nSPS) is 10.4. The molecule has 17 heavy (non-hydrogen) atoms. The van der Waals surface area contributed by atoms with Crippen molar-refractivity contribution in [2.75, 3.05) is 20.8 Å². The van der Waals surface area contributed by atoms with Gasteiger partial charge < -0.3 is 15.2 Å². The van der Waals surface area contributed by atoms with Crippen molar-refractivity contribution >= 4 is 0 Å². The van der Waals surface area contributed by atoms with Crippen LogP contribution in [0.3, 0.4) is 0 Å². The number of rotatable bonds is 6. The van der Waals surface area contributed by atoms with Crippen LogP contribution in [0.25, 0.3) is 0 Å². The van der Waals surface area contributed by atoms with Gasteiger partial charge >= 0.3 is 0 Å². The van der Waals surface area contributed by atoms with Gasteiger partial charge in [-0.1, -0.05) is 13.8 Å². The number of methoxy groups -OCH3 is 2. The van der Waals surface area contributed by atoms with Crippen molar-refractivity contribution in [3.8, 4) is 11.5 Å². The van der Waals surface area contributed by atoms with Crippen LogP contribution in [-0.4, -0.2) is 20.8 Å². The zero-order valence-corrected chi connectivity index (χ0v) is 11.3. The minimum absolute atomic E-state index is 0.619. The molecule has 0 heterocycles. The van der Waals surface area contributed by atoms with E-state index in [2.05, 4.69) is 19.9 Å². The van der Waals surface area contributed by atoms with Crippen molar-refractivity contribution in [3.05, 3.63) is 22.8 Å². The first kappa shape index (κ1) is 13.8.